The summed E-state index contributed by atoms with van der Waals surface area (Å²) in [6, 6.07) is 13.5. The molecular weight excluding hydrogens is 504 g/mol. The van der Waals surface area contributed by atoms with Crippen LogP contribution in [0.4, 0.5) is 16.0 Å². The molecule has 158 valence electrons. The van der Waals surface area contributed by atoms with Crippen molar-refractivity contribution in [3.8, 4) is 0 Å². The second-order valence-corrected chi connectivity index (χ2v) is 9.43. The fourth-order valence-electron chi connectivity index (χ4n) is 4.94. The van der Waals surface area contributed by atoms with E-state index < -0.39 is 0 Å². The number of halogens is 2. The Bertz CT molecular complexity index is 1290. The minimum atomic E-state index is -0.190. The molecule has 0 amide bonds. The van der Waals surface area contributed by atoms with Crippen molar-refractivity contribution in [3.05, 3.63) is 59.5 Å². The summed E-state index contributed by atoms with van der Waals surface area (Å²) in [7, 11) is 0. The summed E-state index contributed by atoms with van der Waals surface area (Å²) in [6.07, 6.45) is 4.72. The maximum absolute atomic E-state index is 13.8. The number of aromatic nitrogens is 3. The maximum Gasteiger partial charge on any atom is 0.129 e. The van der Waals surface area contributed by atoms with Crippen LogP contribution in [0.25, 0.3) is 21.9 Å². The first-order chi connectivity index (χ1) is 15.2. The Morgan fingerprint density at radius 2 is 1.52 bits per heavy atom. The molecule has 31 heavy (non-hydrogen) atoms. The van der Waals surface area contributed by atoms with Crippen LogP contribution in [0.15, 0.2) is 42.5 Å². The van der Waals surface area contributed by atoms with Crippen molar-refractivity contribution in [3.63, 3.8) is 0 Å². The molecule has 0 saturated carbocycles. The number of hydrogen-bond acceptors (Lipinski definition) is 4. The molecule has 7 heteroatoms. The topological polar surface area (TPSA) is 37.2 Å². The predicted molar refractivity (Wildman–Crippen MR) is 132 cm³/mol. The van der Waals surface area contributed by atoms with Gasteiger partial charge in [-0.15, -0.1) is 0 Å². The van der Waals surface area contributed by atoms with Gasteiger partial charge in [0.1, 0.15) is 17.5 Å². The summed E-state index contributed by atoms with van der Waals surface area (Å²) in [6.45, 7) is 3.86. The van der Waals surface area contributed by atoms with Gasteiger partial charge in [0.05, 0.1) is 39.4 Å². The Balaban J connectivity index is 1.32. The van der Waals surface area contributed by atoms with E-state index in [1.807, 2.05) is 6.07 Å². The lowest BCUT2D eigenvalue weighted by atomic mass is 10.0. The third kappa shape index (κ3) is 3.33. The van der Waals surface area contributed by atoms with Crippen molar-refractivity contribution < 1.29 is 4.39 Å². The van der Waals surface area contributed by atoms with E-state index in [1.165, 1.54) is 30.5 Å². The van der Waals surface area contributed by atoms with E-state index in [4.69, 9.17) is 9.97 Å². The van der Waals surface area contributed by atoms with Crippen LogP contribution in [0.3, 0.4) is 0 Å². The third-order valence-corrected chi connectivity index (χ3v) is 7.67. The van der Waals surface area contributed by atoms with Gasteiger partial charge in [-0.2, -0.15) is 0 Å². The summed E-state index contributed by atoms with van der Waals surface area (Å²) >= 11 is 2.29. The first kappa shape index (κ1) is 19.3. The molecule has 1 fully saturated rings. The van der Waals surface area contributed by atoms with E-state index >= 15 is 0 Å². The molecule has 1 saturated heterocycles. The number of nitrogens with zero attached hydrogens (tertiary/aromatic N) is 5. The lowest BCUT2D eigenvalue weighted by molar-refractivity contribution is 0.574. The summed E-state index contributed by atoms with van der Waals surface area (Å²) < 4.78 is 15.9. The average Bonchev–Trinajstić information content (AvgIpc) is 3.09. The molecule has 5 nitrogen and oxygen atoms in total. The molecule has 5 heterocycles. The molecule has 0 aliphatic carbocycles. The quantitative estimate of drug-likeness (QED) is 0.324. The second-order valence-electron chi connectivity index (χ2n) is 8.46. The van der Waals surface area contributed by atoms with Crippen molar-refractivity contribution in [1.82, 2.24) is 12.7 Å². The molecule has 0 unspecified atom stereocenters. The number of piperidine rings is 1. The molecule has 1 aromatic carbocycles. The largest absolute Gasteiger partial charge is 0.357 e. The number of pyridine rings is 2. The Labute approximate surface area is 194 Å². The van der Waals surface area contributed by atoms with E-state index in [9.17, 15) is 4.39 Å². The van der Waals surface area contributed by atoms with E-state index in [-0.39, 0.29) is 5.82 Å². The molecule has 2 aliphatic heterocycles. The van der Waals surface area contributed by atoms with Crippen molar-refractivity contribution in [2.75, 3.05) is 29.4 Å². The van der Waals surface area contributed by atoms with Crippen LogP contribution in [-0.4, -0.2) is 32.4 Å². The van der Waals surface area contributed by atoms with Crippen LogP contribution in [0.2, 0.25) is 0 Å². The number of anilines is 2. The summed E-state index contributed by atoms with van der Waals surface area (Å²) in [5, 5.41) is 1.13. The predicted octanol–water partition coefficient (Wildman–Crippen LogP) is 5.47. The molecule has 0 bridgehead atoms. The standard InChI is InChI=1S/C24H23FIN5/c25-16-4-5-17-18-15-30(13-10-21(18)31(26)22(17)14-16)24-9-7-19-20(28-24)6-8-23(27-19)29-11-2-1-3-12-29/h4-9,14H,1-3,10-13,15H2. The van der Waals surface area contributed by atoms with Crippen LogP contribution in [0, 0.1) is 5.82 Å². The number of benzene rings is 1. The first-order valence-corrected chi connectivity index (χ1v) is 11.9. The number of fused-ring (bicyclic) bond motifs is 4. The fourth-order valence-corrected chi connectivity index (χ4v) is 5.87. The highest BCUT2D eigenvalue weighted by Crippen LogP contribution is 2.34. The monoisotopic (exact) mass is 527 g/mol. The summed E-state index contributed by atoms with van der Waals surface area (Å²) in [5.74, 6) is 1.85. The van der Waals surface area contributed by atoms with E-state index in [0.29, 0.717) is 0 Å². The highest BCUT2D eigenvalue weighted by Gasteiger charge is 2.24. The zero-order valence-electron chi connectivity index (χ0n) is 17.2. The molecule has 0 radical (unpaired) electrons. The molecule has 2 aliphatic rings. The van der Waals surface area contributed by atoms with Crippen LogP contribution in [-0.2, 0) is 13.0 Å². The normalized spacial score (nSPS) is 16.8. The highest BCUT2D eigenvalue weighted by molar-refractivity contribution is 14.1. The molecule has 3 aromatic heterocycles. The lowest BCUT2D eigenvalue weighted by Crippen LogP contribution is -2.31. The molecule has 0 N–H and O–H groups in total. The minimum absolute atomic E-state index is 0.190. The van der Waals surface area contributed by atoms with Gasteiger partial charge in [0.15, 0.2) is 0 Å². The molecule has 4 aromatic rings. The van der Waals surface area contributed by atoms with Gasteiger partial charge in [-0.1, -0.05) is 0 Å². The molecule has 6 rings (SSSR count). The fraction of sp³-hybridized carbons (Fsp3) is 0.333. The Hall–Kier alpha value is -2.42. The van der Waals surface area contributed by atoms with Gasteiger partial charge in [-0.3, -0.25) is 2.78 Å². The van der Waals surface area contributed by atoms with E-state index in [1.54, 1.807) is 12.1 Å². The Kier molecular flexibility index (Phi) is 4.74. The Morgan fingerprint density at radius 3 is 2.26 bits per heavy atom. The SMILES string of the molecule is Fc1ccc2c3c(n(I)c2c1)CCN(c1ccc2nc(N4CCCCC4)ccc2n1)C3. The van der Waals surface area contributed by atoms with Crippen molar-refractivity contribution in [2.45, 2.75) is 32.2 Å². The average molecular weight is 527 g/mol. The molecular formula is C24H23FIN5. The van der Waals surface area contributed by atoms with E-state index in [0.717, 1.165) is 66.2 Å². The van der Waals surface area contributed by atoms with Crippen LogP contribution < -0.4 is 9.80 Å². The van der Waals surface area contributed by atoms with Crippen molar-refractivity contribution in [1.29, 1.82) is 0 Å². The lowest BCUT2D eigenvalue weighted by Gasteiger charge is -2.29. The second kappa shape index (κ2) is 7.62. The minimum Gasteiger partial charge on any atom is -0.357 e. The van der Waals surface area contributed by atoms with Crippen LogP contribution >= 0.6 is 22.9 Å². The van der Waals surface area contributed by atoms with E-state index in [2.05, 4.69) is 59.7 Å². The van der Waals surface area contributed by atoms with Crippen molar-refractivity contribution >= 4 is 56.4 Å². The zero-order valence-corrected chi connectivity index (χ0v) is 19.3. The van der Waals surface area contributed by atoms with Gasteiger partial charge in [-0.05, 0) is 61.7 Å². The summed E-state index contributed by atoms with van der Waals surface area (Å²) in [4.78, 5) is 14.5. The van der Waals surface area contributed by atoms with Gasteiger partial charge in [0.25, 0.3) is 0 Å². The van der Waals surface area contributed by atoms with Gasteiger partial charge in [0.2, 0.25) is 0 Å². The van der Waals surface area contributed by atoms with Crippen LogP contribution in [0.1, 0.15) is 30.5 Å². The highest BCUT2D eigenvalue weighted by atomic mass is 127. The smallest absolute Gasteiger partial charge is 0.129 e. The third-order valence-electron chi connectivity index (χ3n) is 6.57. The molecule has 0 atom stereocenters. The van der Waals surface area contributed by atoms with Gasteiger partial charge in [-0.25, -0.2) is 14.4 Å². The van der Waals surface area contributed by atoms with Gasteiger partial charge < -0.3 is 9.80 Å². The first-order valence-electron chi connectivity index (χ1n) is 10.9. The maximum atomic E-state index is 13.8. The van der Waals surface area contributed by atoms with Crippen molar-refractivity contribution in [2.24, 2.45) is 0 Å². The van der Waals surface area contributed by atoms with Gasteiger partial charge in [0, 0.05) is 49.2 Å². The van der Waals surface area contributed by atoms with Crippen LogP contribution in [0.5, 0.6) is 0 Å². The number of hydrogen-bond donors (Lipinski definition) is 0. The molecule has 0 spiro atoms. The zero-order chi connectivity index (χ0) is 20.9. The van der Waals surface area contributed by atoms with Gasteiger partial charge >= 0.3 is 0 Å². The number of rotatable bonds is 2. The Morgan fingerprint density at radius 1 is 0.806 bits per heavy atom. The summed E-state index contributed by atoms with van der Waals surface area (Å²) in [5.41, 5.74) is 5.39.